The molecule has 3 atom stereocenters. The van der Waals surface area contributed by atoms with Crippen molar-refractivity contribution in [2.24, 2.45) is 17.8 Å². The molecule has 0 spiro atoms. The zero-order valence-electron chi connectivity index (χ0n) is 11.7. The standard InChI is InChI=1S/C15H32/c1-6-9-15(8-3)12-14(5)11-10-13(4)7-2/h13-15H,6-12H2,1-5H3. The van der Waals surface area contributed by atoms with Gasteiger partial charge in [0.2, 0.25) is 0 Å². The molecule has 0 aromatic carbocycles. The van der Waals surface area contributed by atoms with Crippen molar-refractivity contribution < 1.29 is 0 Å². The third-order valence-corrected chi connectivity index (χ3v) is 3.86. The van der Waals surface area contributed by atoms with Gasteiger partial charge in [-0.25, -0.2) is 0 Å². The van der Waals surface area contributed by atoms with Crippen molar-refractivity contribution in [3.63, 3.8) is 0 Å². The van der Waals surface area contributed by atoms with E-state index in [1.54, 1.807) is 0 Å². The van der Waals surface area contributed by atoms with Gasteiger partial charge in [0.15, 0.2) is 0 Å². The monoisotopic (exact) mass is 212 g/mol. The van der Waals surface area contributed by atoms with Gasteiger partial charge in [0, 0.05) is 0 Å². The van der Waals surface area contributed by atoms with Crippen LogP contribution in [-0.2, 0) is 0 Å². The van der Waals surface area contributed by atoms with Gasteiger partial charge in [-0.15, -0.1) is 0 Å². The van der Waals surface area contributed by atoms with Crippen LogP contribution in [0.5, 0.6) is 0 Å². The Morgan fingerprint density at radius 1 is 0.733 bits per heavy atom. The van der Waals surface area contributed by atoms with Gasteiger partial charge < -0.3 is 0 Å². The quantitative estimate of drug-likeness (QED) is 0.462. The van der Waals surface area contributed by atoms with Gasteiger partial charge in [-0.2, -0.15) is 0 Å². The minimum absolute atomic E-state index is 0.929. The highest BCUT2D eigenvalue weighted by Crippen LogP contribution is 2.25. The van der Waals surface area contributed by atoms with E-state index in [2.05, 4.69) is 34.6 Å². The molecule has 0 aliphatic carbocycles. The Morgan fingerprint density at radius 3 is 1.80 bits per heavy atom. The maximum atomic E-state index is 2.45. The predicted molar refractivity (Wildman–Crippen MR) is 71.2 cm³/mol. The van der Waals surface area contributed by atoms with Crippen LogP contribution in [0.3, 0.4) is 0 Å². The van der Waals surface area contributed by atoms with Crippen molar-refractivity contribution in [1.29, 1.82) is 0 Å². The predicted octanol–water partition coefficient (Wildman–Crippen LogP) is 5.67. The minimum Gasteiger partial charge on any atom is -0.0654 e. The Morgan fingerprint density at radius 2 is 1.33 bits per heavy atom. The van der Waals surface area contributed by atoms with Crippen LogP contribution in [0.25, 0.3) is 0 Å². The fourth-order valence-electron chi connectivity index (χ4n) is 2.36. The topological polar surface area (TPSA) is 0 Å². The third-order valence-electron chi connectivity index (χ3n) is 3.86. The number of hydrogen-bond donors (Lipinski definition) is 0. The van der Waals surface area contributed by atoms with E-state index >= 15 is 0 Å². The normalized spacial score (nSPS) is 17.4. The van der Waals surface area contributed by atoms with Crippen LogP contribution < -0.4 is 0 Å². The minimum atomic E-state index is 0.929. The van der Waals surface area contributed by atoms with E-state index in [-0.39, 0.29) is 0 Å². The summed E-state index contributed by atoms with van der Waals surface area (Å²) in [7, 11) is 0. The lowest BCUT2D eigenvalue weighted by Crippen LogP contribution is -2.07. The SMILES string of the molecule is CCCC(CC)CC(C)CCC(C)CC. The maximum Gasteiger partial charge on any atom is -0.0414 e. The van der Waals surface area contributed by atoms with Crippen LogP contribution in [0.4, 0.5) is 0 Å². The first-order chi connectivity index (χ1) is 7.13. The molecule has 0 N–H and O–H groups in total. The van der Waals surface area contributed by atoms with Crippen molar-refractivity contribution in [2.45, 2.75) is 79.6 Å². The maximum absolute atomic E-state index is 2.45. The lowest BCUT2D eigenvalue weighted by Gasteiger charge is -2.20. The smallest absolute Gasteiger partial charge is 0.0414 e. The van der Waals surface area contributed by atoms with Crippen LogP contribution in [0.2, 0.25) is 0 Å². The van der Waals surface area contributed by atoms with Gasteiger partial charge >= 0.3 is 0 Å². The van der Waals surface area contributed by atoms with E-state index in [0.29, 0.717) is 0 Å². The second kappa shape index (κ2) is 9.24. The summed E-state index contributed by atoms with van der Waals surface area (Å²) in [6.07, 6.45) is 9.84. The van der Waals surface area contributed by atoms with Crippen molar-refractivity contribution in [3.05, 3.63) is 0 Å². The van der Waals surface area contributed by atoms with Crippen LogP contribution >= 0.6 is 0 Å². The lowest BCUT2D eigenvalue weighted by molar-refractivity contribution is 0.323. The molecule has 0 heteroatoms. The van der Waals surface area contributed by atoms with E-state index < -0.39 is 0 Å². The van der Waals surface area contributed by atoms with Crippen molar-refractivity contribution in [3.8, 4) is 0 Å². The van der Waals surface area contributed by atoms with Gasteiger partial charge in [-0.3, -0.25) is 0 Å². The van der Waals surface area contributed by atoms with E-state index in [0.717, 1.165) is 17.8 Å². The first kappa shape index (κ1) is 15.0. The molecule has 0 radical (unpaired) electrons. The fraction of sp³-hybridized carbons (Fsp3) is 1.00. The Hall–Kier alpha value is 0. The molecule has 0 nitrogen and oxygen atoms in total. The summed E-state index contributed by atoms with van der Waals surface area (Å²) < 4.78 is 0. The average Bonchev–Trinajstić information content (AvgIpc) is 2.25. The summed E-state index contributed by atoms with van der Waals surface area (Å²) in [5.74, 6) is 2.86. The highest BCUT2D eigenvalue weighted by Gasteiger charge is 2.11. The largest absolute Gasteiger partial charge is 0.0654 e. The molecule has 0 amide bonds. The number of hydrogen-bond acceptors (Lipinski definition) is 0. The van der Waals surface area contributed by atoms with Crippen molar-refractivity contribution in [1.82, 2.24) is 0 Å². The Balaban J connectivity index is 3.65. The van der Waals surface area contributed by atoms with Crippen molar-refractivity contribution >= 4 is 0 Å². The molecule has 0 aromatic rings. The van der Waals surface area contributed by atoms with Gasteiger partial charge in [-0.05, 0) is 24.2 Å². The Kier molecular flexibility index (Phi) is 9.24. The number of rotatable bonds is 9. The van der Waals surface area contributed by atoms with Gasteiger partial charge in [0.05, 0.1) is 0 Å². The molecule has 0 saturated carbocycles. The van der Waals surface area contributed by atoms with Gasteiger partial charge in [0.25, 0.3) is 0 Å². The molecular formula is C15H32. The van der Waals surface area contributed by atoms with E-state index in [4.69, 9.17) is 0 Å². The first-order valence-corrected chi connectivity index (χ1v) is 7.13. The Labute approximate surface area is 97.8 Å². The molecule has 3 unspecified atom stereocenters. The van der Waals surface area contributed by atoms with E-state index in [1.807, 2.05) is 0 Å². The highest BCUT2D eigenvalue weighted by atomic mass is 14.2. The fourth-order valence-corrected chi connectivity index (χ4v) is 2.36. The Bertz CT molecular complexity index is 128. The molecule has 0 bridgehead atoms. The summed E-state index contributed by atoms with van der Waals surface area (Å²) in [5, 5.41) is 0. The molecule has 0 fully saturated rings. The van der Waals surface area contributed by atoms with Crippen molar-refractivity contribution in [2.75, 3.05) is 0 Å². The zero-order chi connectivity index (χ0) is 11.7. The molecule has 0 saturated heterocycles. The van der Waals surface area contributed by atoms with E-state index in [1.165, 1.54) is 44.9 Å². The van der Waals surface area contributed by atoms with Gasteiger partial charge in [0.1, 0.15) is 0 Å². The molecule has 15 heavy (non-hydrogen) atoms. The second-order valence-corrected chi connectivity index (χ2v) is 5.49. The zero-order valence-corrected chi connectivity index (χ0v) is 11.7. The highest BCUT2D eigenvalue weighted by molar-refractivity contribution is 4.63. The molecule has 0 aliphatic heterocycles. The summed E-state index contributed by atoms with van der Waals surface area (Å²) in [6, 6.07) is 0. The summed E-state index contributed by atoms with van der Waals surface area (Å²) in [6.45, 7) is 11.8. The average molecular weight is 212 g/mol. The van der Waals surface area contributed by atoms with Crippen LogP contribution in [0.1, 0.15) is 79.6 Å². The van der Waals surface area contributed by atoms with Crippen LogP contribution in [0.15, 0.2) is 0 Å². The summed E-state index contributed by atoms with van der Waals surface area (Å²) >= 11 is 0. The third kappa shape index (κ3) is 7.88. The molecule has 0 heterocycles. The molecule has 92 valence electrons. The first-order valence-electron chi connectivity index (χ1n) is 7.13. The van der Waals surface area contributed by atoms with E-state index in [9.17, 15) is 0 Å². The molecule has 0 aromatic heterocycles. The molecule has 0 rings (SSSR count). The van der Waals surface area contributed by atoms with Crippen LogP contribution in [0, 0.1) is 17.8 Å². The van der Waals surface area contributed by atoms with Gasteiger partial charge in [-0.1, -0.05) is 73.1 Å². The summed E-state index contributed by atoms with van der Waals surface area (Å²) in [4.78, 5) is 0. The molecular weight excluding hydrogens is 180 g/mol. The lowest BCUT2D eigenvalue weighted by atomic mass is 9.86. The molecule has 0 aliphatic rings. The summed E-state index contributed by atoms with van der Waals surface area (Å²) in [5.41, 5.74) is 0. The second-order valence-electron chi connectivity index (χ2n) is 5.49. The van der Waals surface area contributed by atoms with Crippen LogP contribution in [-0.4, -0.2) is 0 Å².